The molecule has 1 fully saturated rings. The summed E-state index contributed by atoms with van der Waals surface area (Å²) in [6, 6.07) is 12.1. The second-order valence-corrected chi connectivity index (χ2v) is 6.36. The summed E-state index contributed by atoms with van der Waals surface area (Å²) in [6.45, 7) is 1.47. The number of pyridine rings is 1. The second kappa shape index (κ2) is 6.79. The van der Waals surface area contributed by atoms with Crippen LogP contribution in [-0.4, -0.2) is 21.4 Å². The number of nitrogens with zero attached hydrogens (tertiary/aromatic N) is 3. The standard InChI is InChI=1S/C18H19ClN4O/c19-16-10-15-14(12-21-23(15)17-8-4-5-9-24-17)18(22-16)20-11-13-6-2-1-3-7-13/h1-3,6-7,10,12,17H,4-5,8-9,11H2,(H,20,22). The molecule has 0 amide bonds. The van der Waals surface area contributed by atoms with Gasteiger partial charge in [0.15, 0.2) is 6.23 Å². The molecule has 0 saturated carbocycles. The van der Waals surface area contributed by atoms with E-state index in [9.17, 15) is 0 Å². The Hall–Kier alpha value is -2.11. The summed E-state index contributed by atoms with van der Waals surface area (Å²) in [5, 5.41) is 9.32. The maximum absolute atomic E-state index is 6.24. The van der Waals surface area contributed by atoms with Crippen molar-refractivity contribution >= 4 is 28.3 Å². The van der Waals surface area contributed by atoms with Gasteiger partial charge in [-0.15, -0.1) is 0 Å². The van der Waals surface area contributed by atoms with Gasteiger partial charge in [-0.25, -0.2) is 9.67 Å². The highest BCUT2D eigenvalue weighted by Crippen LogP contribution is 2.30. The number of ether oxygens (including phenoxy) is 1. The number of anilines is 1. The van der Waals surface area contributed by atoms with E-state index in [1.807, 2.05) is 35.1 Å². The second-order valence-electron chi connectivity index (χ2n) is 5.98. The first-order valence-corrected chi connectivity index (χ1v) is 8.62. The van der Waals surface area contributed by atoms with E-state index in [4.69, 9.17) is 16.3 Å². The monoisotopic (exact) mass is 342 g/mol. The van der Waals surface area contributed by atoms with Crippen LogP contribution in [0.1, 0.15) is 31.1 Å². The third kappa shape index (κ3) is 3.09. The van der Waals surface area contributed by atoms with E-state index in [0.717, 1.165) is 42.6 Å². The van der Waals surface area contributed by atoms with E-state index in [-0.39, 0.29) is 6.23 Å². The smallest absolute Gasteiger partial charge is 0.150 e. The molecule has 6 heteroatoms. The first-order valence-electron chi connectivity index (χ1n) is 8.24. The molecule has 0 spiro atoms. The summed E-state index contributed by atoms with van der Waals surface area (Å²) in [5.74, 6) is 0.753. The molecule has 1 saturated heterocycles. The molecule has 3 heterocycles. The molecule has 2 aromatic heterocycles. The Bertz CT molecular complexity index is 828. The number of benzene rings is 1. The zero-order valence-corrected chi connectivity index (χ0v) is 14.0. The van der Waals surface area contributed by atoms with Crippen molar-refractivity contribution in [3.8, 4) is 0 Å². The Morgan fingerprint density at radius 3 is 2.92 bits per heavy atom. The Morgan fingerprint density at radius 1 is 1.25 bits per heavy atom. The van der Waals surface area contributed by atoms with Crippen LogP contribution in [0.25, 0.3) is 10.9 Å². The predicted octanol–water partition coefficient (Wildman–Crippen LogP) is 4.40. The number of hydrogen-bond acceptors (Lipinski definition) is 4. The molecule has 124 valence electrons. The van der Waals surface area contributed by atoms with Gasteiger partial charge in [-0.2, -0.15) is 5.10 Å². The average molecular weight is 343 g/mol. The van der Waals surface area contributed by atoms with E-state index in [1.54, 1.807) is 0 Å². The average Bonchev–Trinajstić information content (AvgIpc) is 3.05. The van der Waals surface area contributed by atoms with E-state index < -0.39 is 0 Å². The molecule has 1 aliphatic heterocycles. The highest BCUT2D eigenvalue weighted by Gasteiger charge is 2.20. The summed E-state index contributed by atoms with van der Waals surface area (Å²) in [4.78, 5) is 4.44. The maximum atomic E-state index is 6.24. The third-order valence-corrected chi connectivity index (χ3v) is 4.49. The van der Waals surface area contributed by atoms with E-state index >= 15 is 0 Å². The van der Waals surface area contributed by atoms with Crippen molar-refractivity contribution in [2.75, 3.05) is 11.9 Å². The SMILES string of the molecule is Clc1cc2c(cnn2C2CCCCO2)c(NCc2ccccc2)n1. The van der Waals surface area contributed by atoms with Crippen LogP contribution >= 0.6 is 11.6 Å². The van der Waals surface area contributed by atoms with E-state index in [1.165, 1.54) is 5.56 Å². The van der Waals surface area contributed by atoms with Gasteiger partial charge in [-0.05, 0) is 24.8 Å². The molecule has 1 atom stereocenters. The molecule has 0 radical (unpaired) electrons. The van der Waals surface area contributed by atoms with Crippen molar-refractivity contribution < 1.29 is 4.74 Å². The van der Waals surface area contributed by atoms with Gasteiger partial charge in [0.25, 0.3) is 0 Å². The zero-order chi connectivity index (χ0) is 16.4. The summed E-state index contributed by atoms with van der Waals surface area (Å²) in [7, 11) is 0. The Morgan fingerprint density at radius 2 is 2.12 bits per heavy atom. The van der Waals surface area contributed by atoms with E-state index in [0.29, 0.717) is 11.7 Å². The molecule has 1 aromatic carbocycles. The number of nitrogens with one attached hydrogen (secondary N) is 1. The highest BCUT2D eigenvalue weighted by molar-refractivity contribution is 6.30. The normalized spacial score (nSPS) is 18.0. The first-order chi connectivity index (χ1) is 11.8. The van der Waals surface area contributed by atoms with Gasteiger partial charge in [0, 0.05) is 19.2 Å². The maximum Gasteiger partial charge on any atom is 0.150 e. The third-order valence-electron chi connectivity index (χ3n) is 4.29. The van der Waals surface area contributed by atoms with Crippen LogP contribution in [-0.2, 0) is 11.3 Å². The number of rotatable bonds is 4. The summed E-state index contributed by atoms with van der Waals surface area (Å²) >= 11 is 6.24. The van der Waals surface area contributed by atoms with Crippen molar-refractivity contribution in [3.05, 3.63) is 53.3 Å². The number of fused-ring (bicyclic) bond motifs is 1. The molecular formula is C18H19ClN4O. The number of halogens is 1. The zero-order valence-electron chi connectivity index (χ0n) is 13.3. The fourth-order valence-electron chi connectivity index (χ4n) is 3.07. The molecule has 24 heavy (non-hydrogen) atoms. The lowest BCUT2D eigenvalue weighted by molar-refractivity contribution is -0.0366. The largest absolute Gasteiger partial charge is 0.365 e. The lowest BCUT2D eigenvalue weighted by atomic mass is 10.2. The molecule has 3 aromatic rings. The molecule has 4 rings (SSSR count). The van der Waals surface area contributed by atoms with Crippen molar-refractivity contribution in [1.29, 1.82) is 0 Å². The van der Waals surface area contributed by atoms with Crippen LogP contribution in [0.15, 0.2) is 42.6 Å². The Kier molecular flexibility index (Phi) is 4.36. The van der Waals surface area contributed by atoms with Gasteiger partial charge in [0.2, 0.25) is 0 Å². The van der Waals surface area contributed by atoms with Crippen LogP contribution in [0.3, 0.4) is 0 Å². The fourth-order valence-corrected chi connectivity index (χ4v) is 3.26. The van der Waals surface area contributed by atoms with Crippen LogP contribution in [0.4, 0.5) is 5.82 Å². The Balaban J connectivity index is 1.64. The van der Waals surface area contributed by atoms with Crippen LogP contribution in [0.2, 0.25) is 5.15 Å². The molecule has 1 unspecified atom stereocenters. The topological polar surface area (TPSA) is 52.0 Å². The van der Waals surface area contributed by atoms with Crippen molar-refractivity contribution in [1.82, 2.24) is 14.8 Å². The predicted molar refractivity (Wildman–Crippen MR) is 95.1 cm³/mol. The highest BCUT2D eigenvalue weighted by atomic mass is 35.5. The summed E-state index contributed by atoms with van der Waals surface area (Å²) in [6.07, 6.45) is 5.07. The lowest BCUT2D eigenvalue weighted by Crippen LogP contribution is -2.19. The van der Waals surface area contributed by atoms with Crippen LogP contribution < -0.4 is 5.32 Å². The molecular weight excluding hydrogens is 324 g/mol. The minimum absolute atomic E-state index is 0.0170. The fraction of sp³-hybridized carbons (Fsp3) is 0.333. The van der Waals surface area contributed by atoms with Crippen LogP contribution in [0, 0.1) is 0 Å². The van der Waals surface area contributed by atoms with Crippen molar-refractivity contribution in [2.24, 2.45) is 0 Å². The van der Waals surface area contributed by atoms with Gasteiger partial charge in [-0.3, -0.25) is 0 Å². The molecule has 0 bridgehead atoms. The summed E-state index contributed by atoms with van der Waals surface area (Å²) in [5.41, 5.74) is 2.15. The van der Waals surface area contributed by atoms with Gasteiger partial charge in [0.05, 0.1) is 17.1 Å². The van der Waals surface area contributed by atoms with Gasteiger partial charge >= 0.3 is 0 Å². The van der Waals surface area contributed by atoms with Gasteiger partial charge in [-0.1, -0.05) is 41.9 Å². The van der Waals surface area contributed by atoms with Crippen molar-refractivity contribution in [2.45, 2.75) is 32.0 Å². The van der Waals surface area contributed by atoms with Gasteiger partial charge < -0.3 is 10.1 Å². The minimum atomic E-state index is -0.0170. The van der Waals surface area contributed by atoms with E-state index in [2.05, 4.69) is 27.5 Å². The van der Waals surface area contributed by atoms with Crippen molar-refractivity contribution in [3.63, 3.8) is 0 Å². The lowest BCUT2D eigenvalue weighted by Gasteiger charge is -2.23. The first kappa shape index (κ1) is 15.4. The molecule has 0 aliphatic carbocycles. The van der Waals surface area contributed by atoms with Gasteiger partial charge in [0.1, 0.15) is 11.0 Å². The molecule has 1 N–H and O–H groups in total. The molecule has 5 nitrogen and oxygen atoms in total. The number of hydrogen-bond donors (Lipinski definition) is 1. The quantitative estimate of drug-likeness (QED) is 0.714. The van der Waals surface area contributed by atoms with Crippen LogP contribution in [0.5, 0.6) is 0 Å². The molecule has 1 aliphatic rings. The summed E-state index contributed by atoms with van der Waals surface area (Å²) < 4.78 is 7.78. The number of aromatic nitrogens is 3. The Labute approximate surface area is 145 Å². The minimum Gasteiger partial charge on any atom is -0.365 e.